The van der Waals surface area contributed by atoms with Gasteiger partial charge in [0.2, 0.25) is 0 Å². The molecule has 8 heteroatoms. The number of hydrogen-bond donors (Lipinski definition) is 1. The number of amides is 1. The van der Waals surface area contributed by atoms with Crippen LogP contribution in [0.1, 0.15) is 34.5 Å². The van der Waals surface area contributed by atoms with Crippen molar-refractivity contribution in [2.24, 2.45) is 5.92 Å². The number of carbonyl (C=O) groups is 1. The minimum atomic E-state index is -0.240. The summed E-state index contributed by atoms with van der Waals surface area (Å²) in [6.45, 7) is 8.73. The van der Waals surface area contributed by atoms with Crippen molar-refractivity contribution in [3.63, 3.8) is 0 Å². The van der Waals surface area contributed by atoms with E-state index in [1.807, 2.05) is 31.0 Å². The van der Waals surface area contributed by atoms with Crippen molar-refractivity contribution in [3.8, 4) is 0 Å². The van der Waals surface area contributed by atoms with Gasteiger partial charge in [-0.05, 0) is 19.4 Å². The number of likely N-dealkylation sites (tertiary alicyclic amines) is 2. The monoisotopic (exact) mass is 405 g/mol. The second-order valence-electron chi connectivity index (χ2n) is 8.52. The summed E-state index contributed by atoms with van der Waals surface area (Å²) in [5.74, 6) is 2.00. The van der Waals surface area contributed by atoms with Crippen LogP contribution in [0.25, 0.3) is 0 Å². The van der Waals surface area contributed by atoms with Crippen LogP contribution >= 0.6 is 0 Å². The van der Waals surface area contributed by atoms with E-state index in [0.29, 0.717) is 18.0 Å². The first kappa shape index (κ1) is 19.0. The highest BCUT2D eigenvalue weighted by Gasteiger charge is 2.56. The van der Waals surface area contributed by atoms with Crippen molar-refractivity contribution in [2.45, 2.75) is 32.4 Å². The molecule has 0 bridgehead atoms. The highest BCUT2D eigenvalue weighted by molar-refractivity contribution is 5.94. The standard InChI is InChI=1S/C22H27N7O/c1-3-29-11-18(9-23-29)20(30)28-13-19-12-27(10-17-7-5-4-6-8-17)14-22(19,15-28)21-24-16(2)25-26-21/h4-9,11,19H,3,10,12-15H2,1-2H3,(H,24,25,26)/t19-,22-/m0/s1. The molecule has 156 valence electrons. The third-order valence-electron chi connectivity index (χ3n) is 6.46. The lowest BCUT2D eigenvalue weighted by Gasteiger charge is -2.26. The predicted octanol–water partition coefficient (Wildman–Crippen LogP) is 1.86. The molecule has 2 atom stereocenters. The van der Waals surface area contributed by atoms with Crippen molar-refractivity contribution in [3.05, 3.63) is 65.5 Å². The van der Waals surface area contributed by atoms with Crippen molar-refractivity contribution < 1.29 is 4.79 Å². The highest BCUT2D eigenvalue weighted by atomic mass is 16.2. The molecule has 1 aromatic carbocycles. The van der Waals surface area contributed by atoms with E-state index in [9.17, 15) is 4.79 Å². The molecule has 2 aliphatic heterocycles. The van der Waals surface area contributed by atoms with Gasteiger partial charge >= 0.3 is 0 Å². The van der Waals surface area contributed by atoms with Crippen LogP contribution in [0, 0.1) is 12.8 Å². The summed E-state index contributed by atoms with van der Waals surface area (Å²) in [4.78, 5) is 22.3. The van der Waals surface area contributed by atoms with Crippen molar-refractivity contribution in [1.82, 2.24) is 34.8 Å². The average molecular weight is 406 g/mol. The number of H-pyrrole nitrogens is 1. The molecule has 0 saturated carbocycles. The van der Waals surface area contributed by atoms with Crippen LogP contribution in [-0.2, 0) is 18.5 Å². The van der Waals surface area contributed by atoms with Crippen molar-refractivity contribution >= 4 is 5.91 Å². The Morgan fingerprint density at radius 1 is 1.23 bits per heavy atom. The molecule has 0 spiro atoms. The first-order valence-electron chi connectivity index (χ1n) is 10.5. The molecule has 30 heavy (non-hydrogen) atoms. The number of fused-ring (bicyclic) bond motifs is 1. The smallest absolute Gasteiger partial charge is 0.257 e. The summed E-state index contributed by atoms with van der Waals surface area (Å²) in [5.41, 5.74) is 1.72. The molecule has 2 fully saturated rings. The second-order valence-corrected chi connectivity index (χ2v) is 8.52. The first-order chi connectivity index (χ1) is 14.6. The van der Waals surface area contributed by atoms with Crippen LogP contribution in [0.3, 0.4) is 0 Å². The lowest BCUT2D eigenvalue weighted by Crippen LogP contribution is -2.40. The third kappa shape index (κ3) is 3.21. The molecule has 2 saturated heterocycles. The molecule has 3 aromatic rings. The fourth-order valence-corrected chi connectivity index (χ4v) is 5.00. The van der Waals surface area contributed by atoms with Crippen LogP contribution in [-0.4, -0.2) is 66.8 Å². The Balaban J connectivity index is 1.40. The SMILES string of the molecule is CCn1cc(C(=O)N2C[C@@H]3CN(Cc4ccccc4)C[C@]3(c3n[nH]c(C)n3)C2)cn1. The van der Waals surface area contributed by atoms with Gasteiger partial charge in [0.15, 0.2) is 5.82 Å². The predicted molar refractivity (Wildman–Crippen MR) is 112 cm³/mol. The van der Waals surface area contributed by atoms with Crippen LogP contribution in [0.4, 0.5) is 0 Å². The number of benzene rings is 1. The molecule has 1 N–H and O–H groups in total. The van der Waals surface area contributed by atoms with Gasteiger partial charge in [-0.3, -0.25) is 19.5 Å². The van der Waals surface area contributed by atoms with E-state index in [-0.39, 0.29) is 11.3 Å². The Morgan fingerprint density at radius 3 is 2.77 bits per heavy atom. The van der Waals surface area contributed by atoms with Gasteiger partial charge in [-0.1, -0.05) is 30.3 Å². The number of nitrogens with one attached hydrogen (secondary N) is 1. The number of aryl methyl sites for hydroxylation is 2. The van der Waals surface area contributed by atoms with Gasteiger partial charge in [-0.15, -0.1) is 0 Å². The topological polar surface area (TPSA) is 82.9 Å². The van der Waals surface area contributed by atoms with Gasteiger partial charge in [0.05, 0.1) is 17.2 Å². The number of aromatic amines is 1. The molecule has 2 aromatic heterocycles. The Hall–Kier alpha value is -3.00. The van der Waals surface area contributed by atoms with Gasteiger partial charge in [0, 0.05) is 51.4 Å². The van der Waals surface area contributed by atoms with E-state index >= 15 is 0 Å². The second kappa shape index (κ2) is 7.36. The van der Waals surface area contributed by atoms with Crippen LogP contribution < -0.4 is 0 Å². The molecule has 4 heterocycles. The van der Waals surface area contributed by atoms with Crippen LogP contribution in [0.15, 0.2) is 42.7 Å². The summed E-state index contributed by atoms with van der Waals surface area (Å²) >= 11 is 0. The molecule has 5 rings (SSSR count). The summed E-state index contributed by atoms with van der Waals surface area (Å²) in [5, 5.41) is 11.8. The van der Waals surface area contributed by atoms with E-state index in [1.165, 1.54) is 5.56 Å². The number of carbonyl (C=O) groups excluding carboxylic acids is 1. The summed E-state index contributed by atoms with van der Waals surface area (Å²) in [6, 6.07) is 10.5. The zero-order valence-corrected chi connectivity index (χ0v) is 17.5. The first-order valence-corrected chi connectivity index (χ1v) is 10.5. The maximum atomic E-state index is 13.2. The zero-order chi connectivity index (χ0) is 20.7. The third-order valence-corrected chi connectivity index (χ3v) is 6.46. The van der Waals surface area contributed by atoms with E-state index in [2.05, 4.69) is 44.5 Å². The van der Waals surface area contributed by atoms with Gasteiger partial charge in [0.1, 0.15) is 5.82 Å². The normalized spacial score (nSPS) is 23.8. The Morgan fingerprint density at radius 2 is 2.07 bits per heavy atom. The minimum Gasteiger partial charge on any atom is -0.337 e. The molecule has 1 amide bonds. The van der Waals surface area contributed by atoms with Crippen molar-refractivity contribution in [1.29, 1.82) is 0 Å². The van der Waals surface area contributed by atoms with Crippen LogP contribution in [0.5, 0.6) is 0 Å². The van der Waals surface area contributed by atoms with Crippen LogP contribution in [0.2, 0.25) is 0 Å². The number of hydrogen-bond acceptors (Lipinski definition) is 5. The number of rotatable bonds is 5. The van der Waals surface area contributed by atoms with Gasteiger partial charge < -0.3 is 4.90 Å². The highest BCUT2D eigenvalue weighted by Crippen LogP contribution is 2.44. The number of aromatic nitrogens is 5. The van der Waals surface area contributed by atoms with Crippen molar-refractivity contribution in [2.75, 3.05) is 26.2 Å². The molecule has 0 radical (unpaired) electrons. The van der Waals surface area contributed by atoms with E-state index < -0.39 is 0 Å². The number of nitrogens with zero attached hydrogens (tertiary/aromatic N) is 6. The largest absolute Gasteiger partial charge is 0.337 e. The summed E-state index contributed by atoms with van der Waals surface area (Å²) in [7, 11) is 0. The molecule has 2 aliphatic rings. The fraction of sp³-hybridized carbons (Fsp3) is 0.455. The van der Waals surface area contributed by atoms with Gasteiger partial charge in [-0.2, -0.15) is 10.2 Å². The molecule has 0 unspecified atom stereocenters. The van der Waals surface area contributed by atoms with E-state index in [4.69, 9.17) is 4.98 Å². The Bertz CT molecular complexity index is 1040. The average Bonchev–Trinajstić information content (AvgIpc) is 3.50. The molecule has 0 aliphatic carbocycles. The minimum absolute atomic E-state index is 0.0466. The summed E-state index contributed by atoms with van der Waals surface area (Å²) < 4.78 is 1.79. The Labute approximate surface area is 175 Å². The summed E-state index contributed by atoms with van der Waals surface area (Å²) in [6.07, 6.45) is 3.51. The maximum Gasteiger partial charge on any atom is 0.257 e. The van der Waals surface area contributed by atoms with E-state index in [1.54, 1.807) is 10.9 Å². The quantitative estimate of drug-likeness (QED) is 0.701. The van der Waals surface area contributed by atoms with Gasteiger partial charge in [-0.25, -0.2) is 4.98 Å². The fourth-order valence-electron chi connectivity index (χ4n) is 5.00. The molecular formula is C22H27N7O. The lowest BCUT2D eigenvalue weighted by atomic mass is 9.80. The Kier molecular flexibility index (Phi) is 4.66. The molecule has 8 nitrogen and oxygen atoms in total. The van der Waals surface area contributed by atoms with Gasteiger partial charge in [0.25, 0.3) is 5.91 Å². The zero-order valence-electron chi connectivity index (χ0n) is 17.5. The maximum absolute atomic E-state index is 13.2. The molecular weight excluding hydrogens is 378 g/mol. The lowest BCUT2D eigenvalue weighted by molar-refractivity contribution is 0.0769. The van der Waals surface area contributed by atoms with E-state index in [0.717, 1.165) is 44.4 Å².